The Labute approximate surface area is 118 Å². The highest BCUT2D eigenvalue weighted by Crippen LogP contribution is 2.19. The van der Waals surface area contributed by atoms with Crippen molar-refractivity contribution in [3.8, 4) is 0 Å². The molecule has 0 fully saturated rings. The van der Waals surface area contributed by atoms with Crippen LogP contribution in [0.25, 0.3) is 11.2 Å². The zero-order chi connectivity index (χ0) is 15.0. The molecule has 1 N–H and O–H groups in total. The molecule has 0 atom stereocenters. The Kier molecular flexibility index (Phi) is 3.71. The van der Waals surface area contributed by atoms with E-state index in [1.807, 2.05) is 0 Å². The minimum Gasteiger partial charge on any atom is -0.358 e. The van der Waals surface area contributed by atoms with Gasteiger partial charge in [-0.15, -0.1) is 0 Å². The average molecular weight is 297 g/mol. The number of thioether (sulfide) groups is 1. The highest BCUT2D eigenvalue weighted by Gasteiger charge is 2.17. The van der Waals surface area contributed by atoms with Crippen LogP contribution in [0, 0.1) is 0 Å². The van der Waals surface area contributed by atoms with E-state index in [9.17, 15) is 14.4 Å². The van der Waals surface area contributed by atoms with Crippen molar-refractivity contribution in [1.82, 2.24) is 24.0 Å². The second kappa shape index (κ2) is 5.16. The number of rotatable bonds is 3. The summed E-state index contributed by atoms with van der Waals surface area (Å²) in [6.45, 7) is 0. The largest absolute Gasteiger partial charge is 0.358 e. The van der Waals surface area contributed by atoms with Crippen LogP contribution in [0.3, 0.4) is 0 Å². The van der Waals surface area contributed by atoms with Gasteiger partial charge in [-0.3, -0.25) is 18.7 Å². The molecular formula is C11H15N5O3S. The van der Waals surface area contributed by atoms with E-state index in [1.165, 1.54) is 23.4 Å². The molecule has 0 aliphatic heterocycles. The second-order valence-electron chi connectivity index (χ2n) is 4.29. The first kappa shape index (κ1) is 14.4. The number of aryl methyl sites for hydroxylation is 2. The first-order valence-electron chi connectivity index (χ1n) is 5.84. The lowest BCUT2D eigenvalue weighted by Gasteiger charge is -2.03. The molecule has 2 aromatic rings. The van der Waals surface area contributed by atoms with Crippen LogP contribution in [-0.2, 0) is 25.9 Å². The Morgan fingerprint density at radius 2 is 1.85 bits per heavy atom. The predicted octanol–water partition coefficient (Wildman–Crippen LogP) is -1.19. The third-order valence-electron chi connectivity index (χ3n) is 3.05. The fraction of sp³-hybridized carbons (Fsp3) is 0.455. The van der Waals surface area contributed by atoms with E-state index < -0.39 is 11.2 Å². The summed E-state index contributed by atoms with van der Waals surface area (Å²) in [5, 5.41) is 3.03. The molecule has 0 unspecified atom stereocenters. The molecule has 0 radical (unpaired) electrons. The number of carbonyl (C=O) groups excluding carboxylic acids is 1. The molecule has 2 rings (SSSR count). The van der Waals surface area contributed by atoms with Crippen molar-refractivity contribution in [2.75, 3.05) is 12.8 Å². The number of amides is 1. The fourth-order valence-electron chi connectivity index (χ4n) is 1.83. The lowest BCUT2D eigenvalue weighted by molar-refractivity contribution is -0.118. The molecule has 108 valence electrons. The standard InChI is InChI=1S/C11H15N5O3S/c1-12-6(17)5-20-10-13-8-7(14(10)2)9(18)16(4)11(19)15(8)3/h5H2,1-4H3,(H,12,17). The molecule has 0 aliphatic rings. The summed E-state index contributed by atoms with van der Waals surface area (Å²) >= 11 is 1.21. The fourth-order valence-corrected chi connectivity index (χ4v) is 2.67. The van der Waals surface area contributed by atoms with Crippen molar-refractivity contribution in [3.63, 3.8) is 0 Å². The quantitative estimate of drug-likeness (QED) is 0.719. The summed E-state index contributed by atoms with van der Waals surface area (Å²) in [5.41, 5.74) is -0.164. The van der Waals surface area contributed by atoms with E-state index in [-0.39, 0.29) is 11.7 Å². The van der Waals surface area contributed by atoms with E-state index in [0.29, 0.717) is 16.3 Å². The lowest BCUT2D eigenvalue weighted by Crippen LogP contribution is -2.37. The van der Waals surface area contributed by atoms with Crippen LogP contribution >= 0.6 is 11.8 Å². The van der Waals surface area contributed by atoms with Crippen molar-refractivity contribution in [1.29, 1.82) is 0 Å². The normalized spacial score (nSPS) is 11.0. The third kappa shape index (κ3) is 2.13. The molecule has 20 heavy (non-hydrogen) atoms. The molecule has 0 bridgehead atoms. The highest BCUT2D eigenvalue weighted by atomic mass is 32.2. The number of nitrogens with one attached hydrogen (secondary N) is 1. The van der Waals surface area contributed by atoms with Gasteiger partial charge in [0, 0.05) is 28.2 Å². The molecule has 0 aliphatic carbocycles. The first-order chi connectivity index (χ1) is 9.38. The number of hydrogen-bond donors (Lipinski definition) is 1. The molecule has 0 saturated heterocycles. The summed E-state index contributed by atoms with van der Waals surface area (Å²) < 4.78 is 3.96. The van der Waals surface area contributed by atoms with Crippen LogP contribution in [-0.4, -0.2) is 37.4 Å². The maximum atomic E-state index is 12.1. The maximum Gasteiger partial charge on any atom is 0.332 e. The van der Waals surface area contributed by atoms with Gasteiger partial charge in [0.2, 0.25) is 5.91 Å². The van der Waals surface area contributed by atoms with Gasteiger partial charge in [0.15, 0.2) is 16.3 Å². The summed E-state index contributed by atoms with van der Waals surface area (Å²) in [6, 6.07) is 0. The van der Waals surface area contributed by atoms with Gasteiger partial charge in [-0.1, -0.05) is 11.8 Å². The van der Waals surface area contributed by atoms with E-state index in [4.69, 9.17) is 0 Å². The highest BCUT2D eigenvalue weighted by molar-refractivity contribution is 7.99. The van der Waals surface area contributed by atoms with Gasteiger partial charge in [-0.2, -0.15) is 0 Å². The first-order valence-corrected chi connectivity index (χ1v) is 6.82. The van der Waals surface area contributed by atoms with Gasteiger partial charge < -0.3 is 9.88 Å². The van der Waals surface area contributed by atoms with Crippen molar-refractivity contribution in [3.05, 3.63) is 20.8 Å². The summed E-state index contributed by atoms with van der Waals surface area (Å²) in [7, 11) is 6.23. The lowest BCUT2D eigenvalue weighted by atomic mass is 10.5. The zero-order valence-corrected chi connectivity index (χ0v) is 12.4. The number of aromatic nitrogens is 4. The molecule has 8 nitrogen and oxygen atoms in total. The molecule has 1 amide bonds. The Balaban J connectivity index is 2.62. The van der Waals surface area contributed by atoms with E-state index in [1.54, 1.807) is 25.7 Å². The van der Waals surface area contributed by atoms with Crippen LogP contribution in [0.1, 0.15) is 0 Å². The monoisotopic (exact) mass is 297 g/mol. The van der Waals surface area contributed by atoms with E-state index in [2.05, 4.69) is 10.3 Å². The third-order valence-corrected chi connectivity index (χ3v) is 4.08. The van der Waals surface area contributed by atoms with Crippen LogP contribution in [0.15, 0.2) is 14.7 Å². The van der Waals surface area contributed by atoms with Crippen LogP contribution in [0.5, 0.6) is 0 Å². The van der Waals surface area contributed by atoms with Crippen LogP contribution in [0.2, 0.25) is 0 Å². The van der Waals surface area contributed by atoms with Gasteiger partial charge in [-0.25, -0.2) is 9.78 Å². The Bertz CT molecular complexity index is 801. The van der Waals surface area contributed by atoms with Gasteiger partial charge >= 0.3 is 5.69 Å². The SMILES string of the molecule is CNC(=O)CSc1nc2c(c(=O)n(C)c(=O)n2C)n1C. The van der Waals surface area contributed by atoms with Crippen molar-refractivity contribution >= 4 is 28.8 Å². The average Bonchev–Trinajstić information content (AvgIpc) is 2.77. The topological polar surface area (TPSA) is 90.9 Å². The van der Waals surface area contributed by atoms with Gasteiger partial charge in [-0.05, 0) is 0 Å². The minimum absolute atomic E-state index is 0.135. The number of carbonyl (C=O) groups is 1. The Hall–Kier alpha value is -2.03. The number of hydrogen-bond acceptors (Lipinski definition) is 5. The number of imidazole rings is 1. The summed E-state index contributed by atoms with van der Waals surface area (Å²) in [4.78, 5) is 39.5. The van der Waals surface area contributed by atoms with Crippen LogP contribution < -0.4 is 16.6 Å². The summed E-state index contributed by atoms with van der Waals surface area (Å²) in [5.74, 6) is 0.0610. The Morgan fingerprint density at radius 1 is 1.20 bits per heavy atom. The maximum absolute atomic E-state index is 12.1. The number of nitrogens with zero attached hydrogens (tertiary/aromatic N) is 4. The molecule has 0 spiro atoms. The summed E-state index contributed by atoms with van der Waals surface area (Å²) in [6.07, 6.45) is 0. The second-order valence-corrected chi connectivity index (χ2v) is 5.24. The number of fused-ring (bicyclic) bond motifs is 1. The minimum atomic E-state index is -0.427. The predicted molar refractivity (Wildman–Crippen MR) is 76.0 cm³/mol. The van der Waals surface area contributed by atoms with Crippen molar-refractivity contribution < 1.29 is 4.79 Å². The van der Waals surface area contributed by atoms with E-state index in [0.717, 1.165) is 4.57 Å². The van der Waals surface area contributed by atoms with E-state index >= 15 is 0 Å². The zero-order valence-electron chi connectivity index (χ0n) is 11.6. The molecule has 0 saturated carbocycles. The van der Waals surface area contributed by atoms with Crippen LogP contribution in [0.4, 0.5) is 0 Å². The molecule has 2 heterocycles. The molecule has 2 aromatic heterocycles. The van der Waals surface area contributed by atoms with Gasteiger partial charge in [0.1, 0.15) is 0 Å². The molecular weight excluding hydrogens is 282 g/mol. The van der Waals surface area contributed by atoms with Gasteiger partial charge in [0.25, 0.3) is 5.56 Å². The smallest absolute Gasteiger partial charge is 0.332 e. The Morgan fingerprint density at radius 3 is 2.45 bits per heavy atom. The molecule has 0 aromatic carbocycles. The van der Waals surface area contributed by atoms with Crippen molar-refractivity contribution in [2.24, 2.45) is 21.1 Å². The van der Waals surface area contributed by atoms with Crippen molar-refractivity contribution in [2.45, 2.75) is 5.16 Å². The van der Waals surface area contributed by atoms with Gasteiger partial charge in [0.05, 0.1) is 5.75 Å². The molecule has 9 heteroatoms.